The summed E-state index contributed by atoms with van der Waals surface area (Å²) in [5.74, 6) is 2.47. The molecule has 0 bridgehead atoms. The lowest BCUT2D eigenvalue weighted by Gasteiger charge is -2.28. The van der Waals surface area contributed by atoms with Gasteiger partial charge in [-0.15, -0.1) is 0 Å². The van der Waals surface area contributed by atoms with E-state index in [2.05, 4.69) is 234 Å². The van der Waals surface area contributed by atoms with Crippen molar-refractivity contribution in [2.75, 3.05) is 16.5 Å². The summed E-state index contributed by atoms with van der Waals surface area (Å²) in [6, 6.07) is 54.5. The molecule has 60 heavy (non-hydrogen) atoms. The lowest BCUT2D eigenvalue weighted by molar-refractivity contribution is 0.479. The minimum Gasteiger partial charge on any atom is -0.457 e. The first-order valence-corrected chi connectivity index (χ1v) is 21.0. The number of hydrogen-bond acceptors (Lipinski definition) is 4. The van der Waals surface area contributed by atoms with Crippen LogP contribution >= 0.6 is 0 Å². The second-order valence-electron chi connectivity index (χ2n) is 18.8. The highest BCUT2D eigenvalue weighted by Gasteiger charge is 2.26. The van der Waals surface area contributed by atoms with Gasteiger partial charge in [-0.05, 0) is 105 Å². The zero-order valence-corrected chi connectivity index (χ0v) is 36.1. The van der Waals surface area contributed by atoms with Crippen LogP contribution in [-0.4, -0.2) is 16.2 Å². The quantitative estimate of drug-likeness (QED) is 0.154. The van der Waals surface area contributed by atoms with E-state index in [0.29, 0.717) is 6.67 Å². The normalized spacial score (nSPS) is 13.5. The number of benzene rings is 6. The molecule has 0 saturated carbocycles. The Bertz CT molecular complexity index is 2870. The molecule has 0 unspecified atom stereocenters. The van der Waals surface area contributed by atoms with Crippen molar-refractivity contribution in [3.63, 3.8) is 0 Å². The number of nitrogens with zero attached hydrogens (tertiary/aromatic N) is 4. The van der Waals surface area contributed by atoms with Crippen LogP contribution in [0.3, 0.4) is 0 Å². The van der Waals surface area contributed by atoms with E-state index in [1.807, 2.05) is 6.20 Å². The molecular formula is C55H54N4O. The lowest BCUT2D eigenvalue weighted by Crippen LogP contribution is -2.26. The Labute approximate surface area is 355 Å². The molecule has 0 spiro atoms. The van der Waals surface area contributed by atoms with Gasteiger partial charge in [0.1, 0.15) is 17.3 Å². The molecule has 0 amide bonds. The summed E-state index contributed by atoms with van der Waals surface area (Å²) in [5, 5.41) is 2.33. The maximum absolute atomic E-state index is 6.89. The largest absolute Gasteiger partial charge is 0.457 e. The van der Waals surface area contributed by atoms with E-state index in [1.165, 1.54) is 44.5 Å². The monoisotopic (exact) mass is 786 g/mol. The van der Waals surface area contributed by atoms with Crippen LogP contribution in [0.4, 0.5) is 11.4 Å². The highest BCUT2D eigenvalue weighted by atomic mass is 16.5. The average molecular weight is 787 g/mol. The number of pyridine rings is 1. The van der Waals surface area contributed by atoms with E-state index >= 15 is 0 Å². The van der Waals surface area contributed by atoms with Crippen LogP contribution in [0.2, 0.25) is 0 Å². The molecular weight excluding hydrogens is 733 g/mol. The maximum Gasteiger partial charge on any atom is 0.137 e. The molecule has 0 fully saturated rings. The molecule has 0 saturated heterocycles. The van der Waals surface area contributed by atoms with Crippen molar-refractivity contribution in [2.24, 2.45) is 0 Å². The Morgan fingerprint density at radius 3 is 1.88 bits per heavy atom. The molecule has 6 aromatic carbocycles. The maximum atomic E-state index is 6.89. The standard InChI is InChI=1S/C55H54N4O/c1-53(2,3)41-26-27-56-52(34-41)59-50-25-22-39(38-16-11-9-12-17-38)30-49(50)48-24-23-46(36-51(48)59)60-47-33-43(54(4,5)6)32-45(35-47)58-29-28-57(37-58)44-21-15-20-42(31-44)55(7,8)40-18-13-10-14-19-40/h9-36H,37H2,1-8H3. The summed E-state index contributed by atoms with van der Waals surface area (Å²) in [7, 11) is 0. The first kappa shape index (κ1) is 38.9. The summed E-state index contributed by atoms with van der Waals surface area (Å²) in [6.07, 6.45) is 6.28. The molecule has 0 atom stereocenters. The first-order chi connectivity index (χ1) is 28.7. The van der Waals surface area contributed by atoms with E-state index in [1.54, 1.807) is 0 Å². The van der Waals surface area contributed by atoms with E-state index in [-0.39, 0.29) is 16.2 Å². The Morgan fingerprint density at radius 1 is 0.467 bits per heavy atom. The third kappa shape index (κ3) is 7.45. The zero-order valence-electron chi connectivity index (χ0n) is 36.1. The number of rotatable bonds is 8. The van der Waals surface area contributed by atoms with Crippen molar-refractivity contribution in [2.45, 2.75) is 71.6 Å². The lowest BCUT2D eigenvalue weighted by atomic mass is 9.78. The van der Waals surface area contributed by atoms with Crippen molar-refractivity contribution in [3.05, 3.63) is 193 Å². The highest BCUT2D eigenvalue weighted by molar-refractivity contribution is 6.10. The van der Waals surface area contributed by atoms with Gasteiger partial charge >= 0.3 is 0 Å². The van der Waals surface area contributed by atoms with Gasteiger partial charge in [-0.2, -0.15) is 0 Å². The smallest absolute Gasteiger partial charge is 0.137 e. The van der Waals surface area contributed by atoms with E-state index in [4.69, 9.17) is 9.72 Å². The van der Waals surface area contributed by atoms with Gasteiger partial charge in [0.05, 0.1) is 17.7 Å². The molecule has 5 heteroatoms. The summed E-state index contributed by atoms with van der Waals surface area (Å²) >= 11 is 0. The second kappa shape index (κ2) is 14.9. The predicted molar refractivity (Wildman–Crippen MR) is 252 cm³/mol. The molecule has 9 rings (SSSR count). The number of fused-ring (bicyclic) bond motifs is 3. The Kier molecular flexibility index (Phi) is 9.66. The molecule has 8 aromatic rings. The number of aromatic nitrogens is 2. The summed E-state index contributed by atoms with van der Waals surface area (Å²) in [6.45, 7) is 18.8. The fourth-order valence-corrected chi connectivity index (χ4v) is 8.36. The van der Waals surface area contributed by atoms with Crippen LogP contribution < -0.4 is 14.5 Å². The topological polar surface area (TPSA) is 33.5 Å². The molecule has 0 N–H and O–H groups in total. The predicted octanol–water partition coefficient (Wildman–Crippen LogP) is 14.3. The summed E-state index contributed by atoms with van der Waals surface area (Å²) in [5.41, 5.74) is 11.6. The van der Waals surface area contributed by atoms with Crippen LogP contribution in [0.25, 0.3) is 38.8 Å². The van der Waals surface area contributed by atoms with Crippen LogP contribution in [0.15, 0.2) is 170 Å². The Balaban J connectivity index is 1.07. The fourth-order valence-electron chi connectivity index (χ4n) is 8.36. The number of hydrogen-bond donors (Lipinski definition) is 0. The molecule has 0 radical (unpaired) electrons. The summed E-state index contributed by atoms with van der Waals surface area (Å²) in [4.78, 5) is 9.56. The van der Waals surface area contributed by atoms with E-state index in [0.717, 1.165) is 39.4 Å². The van der Waals surface area contributed by atoms with E-state index in [9.17, 15) is 0 Å². The van der Waals surface area contributed by atoms with Gasteiger partial charge in [-0.25, -0.2) is 4.98 Å². The van der Waals surface area contributed by atoms with Gasteiger partial charge in [0, 0.05) is 58.3 Å². The van der Waals surface area contributed by atoms with Crippen molar-refractivity contribution >= 4 is 33.2 Å². The summed E-state index contributed by atoms with van der Waals surface area (Å²) < 4.78 is 9.18. The molecule has 300 valence electrons. The van der Waals surface area contributed by atoms with Crippen molar-refractivity contribution in [1.82, 2.24) is 9.55 Å². The second-order valence-corrected chi connectivity index (χ2v) is 18.8. The van der Waals surface area contributed by atoms with Crippen LogP contribution in [0.5, 0.6) is 11.5 Å². The average Bonchev–Trinajstić information content (AvgIpc) is 3.87. The molecule has 0 aliphatic carbocycles. The fraction of sp³-hybridized carbons (Fsp3) is 0.218. The molecule has 1 aliphatic heterocycles. The first-order valence-electron chi connectivity index (χ1n) is 21.0. The minimum atomic E-state index is -0.122. The van der Waals surface area contributed by atoms with Gasteiger partial charge < -0.3 is 14.5 Å². The molecule has 5 nitrogen and oxygen atoms in total. The Morgan fingerprint density at radius 2 is 1.15 bits per heavy atom. The number of anilines is 2. The van der Waals surface area contributed by atoms with Crippen LogP contribution in [0, 0.1) is 0 Å². The van der Waals surface area contributed by atoms with E-state index < -0.39 is 0 Å². The van der Waals surface area contributed by atoms with Crippen LogP contribution in [0.1, 0.15) is 77.6 Å². The van der Waals surface area contributed by atoms with Crippen molar-refractivity contribution < 1.29 is 4.74 Å². The third-order valence-corrected chi connectivity index (χ3v) is 12.1. The number of ether oxygens (including phenoxy) is 1. The van der Waals surface area contributed by atoms with Gasteiger partial charge in [-0.3, -0.25) is 4.57 Å². The molecule has 3 heterocycles. The third-order valence-electron chi connectivity index (χ3n) is 12.1. The van der Waals surface area contributed by atoms with Gasteiger partial charge in [0.15, 0.2) is 0 Å². The van der Waals surface area contributed by atoms with Gasteiger partial charge in [-0.1, -0.05) is 134 Å². The van der Waals surface area contributed by atoms with Crippen LogP contribution in [-0.2, 0) is 16.2 Å². The Hall–Kier alpha value is -6.59. The van der Waals surface area contributed by atoms with Gasteiger partial charge in [0.25, 0.3) is 0 Å². The molecule has 1 aliphatic rings. The SMILES string of the molecule is CC(C)(C)c1cc(Oc2ccc3c4cc(-c5ccccc5)ccc4n(-c4cc(C(C)(C)C)ccn4)c3c2)cc(N2C=CN(c3cccc(C(C)(C)c4ccccc4)c3)C2)c1. The van der Waals surface area contributed by atoms with Crippen molar-refractivity contribution in [3.8, 4) is 28.4 Å². The van der Waals surface area contributed by atoms with Crippen molar-refractivity contribution in [1.29, 1.82) is 0 Å². The molecule has 2 aromatic heterocycles. The minimum absolute atomic E-state index is 0.0220. The zero-order chi connectivity index (χ0) is 41.8. The highest BCUT2D eigenvalue weighted by Crippen LogP contribution is 2.40. The van der Waals surface area contributed by atoms with Gasteiger partial charge in [0.2, 0.25) is 0 Å².